The first-order chi connectivity index (χ1) is 7.20. The Balaban J connectivity index is 2.73. The Labute approximate surface area is 96.5 Å². The molecule has 0 aromatic rings. The minimum absolute atomic E-state index is 0.309. The molecule has 1 saturated heterocycles. The summed E-state index contributed by atoms with van der Waals surface area (Å²) < 4.78 is 25.1. The van der Waals surface area contributed by atoms with Crippen molar-refractivity contribution in [3.8, 4) is 0 Å². The van der Waals surface area contributed by atoms with Crippen molar-refractivity contribution < 1.29 is 18.3 Å². The van der Waals surface area contributed by atoms with E-state index in [0.717, 1.165) is 0 Å². The summed E-state index contributed by atoms with van der Waals surface area (Å²) in [6, 6.07) is 0. The van der Waals surface area contributed by atoms with Gasteiger partial charge in [0.1, 0.15) is 0 Å². The number of nitrogens with zero attached hydrogens (tertiary/aromatic N) is 1. The molecule has 1 heterocycles. The second-order valence-corrected chi connectivity index (χ2v) is 7.35. The molecule has 1 aliphatic heterocycles. The van der Waals surface area contributed by atoms with E-state index < -0.39 is 26.7 Å². The van der Waals surface area contributed by atoms with E-state index in [-0.39, 0.29) is 0 Å². The van der Waals surface area contributed by atoms with Crippen molar-refractivity contribution in [1.82, 2.24) is 4.31 Å². The Morgan fingerprint density at radius 2 is 1.75 bits per heavy atom. The van der Waals surface area contributed by atoms with Crippen molar-refractivity contribution in [1.29, 1.82) is 0 Å². The lowest BCUT2D eigenvalue weighted by Gasteiger charge is -2.36. The van der Waals surface area contributed by atoms with Gasteiger partial charge < -0.3 is 5.11 Å². The molecule has 0 aromatic heterocycles. The quantitative estimate of drug-likeness (QED) is 0.806. The predicted molar refractivity (Wildman–Crippen MR) is 60.6 cm³/mol. The van der Waals surface area contributed by atoms with Crippen molar-refractivity contribution in [3.63, 3.8) is 0 Å². The second kappa shape index (κ2) is 4.33. The van der Waals surface area contributed by atoms with Crippen LogP contribution in [-0.4, -0.2) is 42.1 Å². The molecule has 1 fully saturated rings. The second-order valence-electron chi connectivity index (χ2n) is 4.86. The number of aliphatic carboxylic acids is 1. The van der Waals surface area contributed by atoms with Gasteiger partial charge in [-0.15, -0.1) is 0 Å². The van der Waals surface area contributed by atoms with Crippen molar-refractivity contribution >= 4 is 16.0 Å². The van der Waals surface area contributed by atoms with Gasteiger partial charge in [0.2, 0.25) is 10.0 Å². The molecule has 16 heavy (non-hydrogen) atoms. The molecule has 0 unspecified atom stereocenters. The summed E-state index contributed by atoms with van der Waals surface area (Å²) in [5.74, 6) is -0.839. The van der Waals surface area contributed by atoms with E-state index >= 15 is 0 Å². The molecule has 0 saturated carbocycles. The Morgan fingerprint density at radius 1 is 1.31 bits per heavy atom. The van der Waals surface area contributed by atoms with E-state index in [1.807, 2.05) is 0 Å². The first-order valence-electron chi connectivity index (χ1n) is 5.42. The lowest BCUT2D eigenvalue weighted by atomic mass is 9.81. The Kier molecular flexibility index (Phi) is 3.64. The number of carbonyl (C=O) groups is 1. The molecule has 5 nitrogen and oxygen atoms in total. The van der Waals surface area contributed by atoms with Crippen LogP contribution in [0.2, 0.25) is 0 Å². The van der Waals surface area contributed by atoms with E-state index in [1.54, 1.807) is 20.8 Å². The fraction of sp³-hybridized carbons (Fsp3) is 0.900. The number of carboxylic acid groups (broad SMARTS) is 1. The van der Waals surface area contributed by atoms with E-state index in [2.05, 4.69) is 0 Å². The minimum Gasteiger partial charge on any atom is -0.481 e. The number of rotatable bonds is 3. The molecule has 0 radical (unpaired) electrons. The van der Waals surface area contributed by atoms with E-state index in [4.69, 9.17) is 5.11 Å². The van der Waals surface area contributed by atoms with Crippen LogP contribution in [-0.2, 0) is 14.8 Å². The maximum atomic E-state index is 11.8. The number of hydrogen-bond donors (Lipinski definition) is 1. The molecule has 0 spiro atoms. The van der Waals surface area contributed by atoms with Gasteiger partial charge in [0, 0.05) is 13.1 Å². The first kappa shape index (κ1) is 13.4. The largest absolute Gasteiger partial charge is 0.481 e. The average molecular weight is 249 g/mol. The Bertz CT molecular complexity index is 366. The van der Waals surface area contributed by atoms with E-state index in [0.29, 0.717) is 25.9 Å². The maximum Gasteiger partial charge on any atom is 0.309 e. The van der Waals surface area contributed by atoms with Crippen LogP contribution in [0.25, 0.3) is 0 Å². The fourth-order valence-corrected chi connectivity index (χ4v) is 3.03. The highest BCUT2D eigenvalue weighted by Gasteiger charge is 2.40. The van der Waals surface area contributed by atoms with Crippen LogP contribution in [0.15, 0.2) is 0 Å². The van der Waals surface area contributed by atoms with Crippen LogP contribution in [0.3, 0.4) is 0 Å². The monoisotopic (exact) mass is 249 g/mol. The summed E-state index contributed by atoms with van der Waals surface area (Å²) in [5.41, 5.74) is -0.775. The van der Waals surface area contributed by atoms with Crippen LogP contribution in [0.1, 0.15) is 33.6 Å². The lowest BCUT2D eigenvalue weighted by Crippen LogP contribution is -2.47. The van der Waals surface area contributed by atoms with Gasteiger partial charge >= 0.3 is 5.97 Å². The third-order valence-electron chi connectivity index (χ3n) is 3.30. The van der Waals surface area contributed by atoms with E-state index in [9.17, 15) is 13.2 Å². The number of piperidine rings is 1. The van der Waals surface area contributed by atoms with Crippen LogP contribution in [0.5, 0.6) is 0 Å². The highest BCUT2D eigenvalue weighted by molar-refractivity contribution is 7.89. The summed E-state index contributed by atoms with van der Waals surface area (Å²) in [7, 11) is -3.24. The summed E-state index contributed by atoms with van der Waals surface area (Å²) in [4.78, 5) is 11.0. The molecule has 1 aliphatic rings. The number of sulfonamides is 1. The normalized spacial score (nSPS) is 22.2. The third-order valence-corrected chi connectivity index (χ3v) is 5.57. The zero-order valence-corrected chi connectivity index (χ0v) is 10.7. The van der Waals surface area contributed by atoms with Crippen LogP contribution >= 0.6 is 0 Å². The molecule has 0 aliphatic carbocycles. The molecule has 0 atom stereocenters. The van der Waals surface area contributed by atoms with Crippen LogP contribution in [0, 0.1) is 5.41 Å². The van der Waals surface area contributed by atoms with Gasteiger partial charge in [0.25, 0.3) is 0 Å². The zero-order valence-electron chi connectivity index (χ0n) is 9.93. The van der Waals surface area contributed by atoms with Gasteiger partial charge in [0.15, 0.2) is 0 Å². The van der Waals surface area contributed by atoms with Gasteiger partial charge in [-0.25, -0.2) is 12.7 Å². The third kappa shape index (κ3) is 2.38. The molecule has 0 amide bonds. The first-order valence-corrected chi connectivity index (χ1v) is 6.93. The van der Waals surface area contributed by atoms with Crippen LogP contribution < -0.4 is 0 Å². The average Bonchev–Trinajstić information content (AvgIpc) is 2.18. The molecule has 0 aromatic carbocycles. The summed E-state index contributed by atoms with van der Waals surface area (Å²) in [6.07, 6.45) is 0.766. The number of carboxylic acids is 1. The minimum atomic E-state index is -3.24. The van der Waals surface area contributed by atoms with Gasteiger partial charge in [-0.2, -0.15) is 0 Å². The van der Waals surface area contributed by atoms with Crippen molar-refractivity contribution in [2.45, 2.75) is 38.9 Å². The topological polar surface area (TPSA) is 74.7 Å². The molecule has 94 valence electrons. The summed E-state index contributed by atoms with van der Waals surface area (Å²) in [5, 5.41) is 8.58. The molecule has 1 rings (SSSR count). The SMILES string of the molecule is CC(C)S(=O)(=O)N1CCC(C)(C(=O)O)CC1. The zero-order chi connectivity index (χ0) is 12.6. The standard InChI is InChI=1S/C10H19NO4S/c1-8(2)16(14,15)11-6-4-10(3,5-7-11)9(12)13/h8H,4-7H2,1-3H3,(H,12,13). The fourth-order valence-electron chi connectivity index (χ4n) is 1.75. The number of hydrogen-bond acceptors (Lipinski definition) is 3. The Morgan fingerprint density at radius 3 is 2.06 bits per heavy atom. The molecular weight excluding hydrogens is 230 g/mol. The Hall–Kier alpha value is -0.620. The van der Waals surface area contributed by atoms with Gasteiger partial charge in [-0.3, -0.25) is 4.79 Å². The van der Waals surface area contributed by atoms with Gasteiger partial charge in [-0.05, 0) is 33.6 Å². The molecule has 6 heteroatoms. The summed E-state index contributed by atoms with van der Waals surface area (Å²) >= 11 is 0. The smallest absolute Gasteiger partial charge is 0.309 e. The highest BCUT2D eigenvalue weighted by atomic mass is 32.2. The predicted octanol–water partition coefficient (Wildman–Crippen LogP) is 0.911. The lowest BCUT2D eigenvalue weighted by molar-refractivity contribution is -0.150. The van der Waals surface area contributed by atoms with Gasteiger partial charge in [-0.1, -0.05) is 0 Å². The van der Waals surface area contributed by atoms with Crippen molar-refractivity contribution in [3.05, 3.63) is 0 Å². The van der Waals surface area contributed by atoms with Crippen molar-refractivity contribution in [2.75, 3.05) is 13.1 Å². The highest BCUT2D eigenvalue weighted by Crippen LogP contribution is 2.32. The van der Waals surface area contributed by atoms with Crippen LogP contribution in [0.4, 0.5) is 0 Å². The van der Waals surface area contributed by atoms with Crippen molar-refractivity contribution in [2.24, 2.45) is 5.41 Å². The molecular formula is C10H19NO4S. The van der Waals surface area contributed by atoms with E-state index in [1.165, 1.54) is 4.31 Å². The molecule has 1 N–H and O–H groups in total. The molecule has 0 bridgehead atoms. The maximum absolute atomic E-state index is 11.8. The summed E-state index contributed by atoms with van der Waals surface area (Å²) in [6.45, 7) is 5.57. The van der Waals surface area contributed by atoms with Gasteiger partial charge in [0.05, 0.1) is 10.7 Å².